The molecule has 0 saturated heterocycles. The van der Waals surface area contributed by atoms with E-state index in [4.69, 9.17) is 9.15 Å². The number of hydrogen-bond acceptors (Lipinski definition) is 5. The van der Waals surface area contributed by atoms with E-state index in [2.05, 4.69) is 10.3 Å². The summed E-state index contributed by atoms with van der Waals surface area (Å²) in [6, 6.07) is 13.8. The first kappa shape index (κ1) is 22.8. The first-order chi connectivity index (χ1) is 14.9. The van der Waals surface area contributed by atoms with E-state index in [-0.39, 0.29) is 23.2 Å². The van der Waals surface area contributed by atoms with Crippen LogP contribution in [0.3, 0.4) is 0 Å². The number of carbonyl (C=O) groups is 1. The van der Waals surface area contributed by atoms with Gasteiger partial charge in [-0.25, -0.2) is 9.37 Å². The van der Waals surface area contributed by atoms with E-state index in [0.717, 1.165) is 16.7 Å². The molecule has 1 atom stereocenters. The van der Waals surface area contributed by atoms with E-state index in [1.54, 1.807) is 26.2 Å². The topological polar surface area (TPSA) is 81.4 Å². The number of aromatic nitrogens is 1. The van der Waals surface area contributed by atoms with Gasteiger partial charge in [0, 0.05) is 30.0 Å². The first-order valence-corrected chi connectivity index (χ1v) is 11.3. The molecule has 0 aliphatic rings. The number of rotatable bonds is 10. The van der Waals surface area contributed by atoms with Crippen LogP contribution in [-0.4, -0.2) is 34.5 Å². The van der Waals surface area contributed by atoms with Crippen molar-refractivity contribution in [2.45, 2.75) is 25.7 Å². The number of carbonyl (C=O) groups excluding carboxylic acids is 1. The minimum Gasteiger partial charge on any atom is -0.441 e. The number of ether oxygens (including phenoxy) is 1. The van der Waals surface area contributed by atoms with Gasteiger partial charge in [0.2, 0.25) is 11.8 Å². The number of amides is 1. The van der Waals surface area contributed by atoms with Crippen LogP contribution in [0.5, 0.6) is 0 Å². The lowest BCUT2D eigenvalue weighted by Crippen LogP contribution is -2.30. The van der Waals surface area contributed by atoms with Gasteiger partial charge in [-0.3, -0.25) is 9.00 Å². The van der Waals surface area contributed by atoms with E-state index in [0.29, 0.717) is 36.9 Å². The molecular weight excluding hydrogens is 419 g/mol. The summed E-state index contributed by atoms with van der Waals surface area (Å²) in [7, 11) is 0.230. The van der Waals surface area contributed by atoms with Crippen LogP contribution in [0, 0.1) is 12.7 Å². The number of aryl methyl sites for hydroxylation is 1. The fourth-order valence-electron chi connectivity index (χ4n) is 2.99. The standard InChI is InChI=1S/C23H25FN2O4S/c1-16-21(26-23(30-16)19-7-3-18(4-8-19)13-29-2)14-31(28)15-22(27)25-12-11-17-5-9-20(24)10-6-17/h3-10H,11-15H2,1-2H3,(H,25,27). The lowest BCUT2D eigenvalue weighted by Gasteiger charge is -2.05. The Morgan fingerprint density at radius 3 is 2.48 bits per heavy atom. The molecule has 8 heteroatoms. The number of halogens is 1. The second-order valence-corrected chi connectivity index (χ2v) is 8.56. The molecule has 1 heterocycles. The van der Waals surface area contributed by atoms with Crippen molar-refractivity contribution < 1.29 is 22.5 Å². The van der Waals surface area contributed by atoms with E-state index in [9.17, 15) is 13.4 Å². The van der Waals surface area contributed by atoms with Crippen molar-refractivity contribution in [1.82, 2.24) is 10.3 Å². The predicted octanol–water partition coefficient (Wildman–Crippen LogP) is 3.54. The van der Waals surface area contributed by atoms with E-state index < -0.39 is 10.8 Å². The zero-order valence-electron chi connectivity index (χ0n) is 17.5. The Hall–Kier alpha value is -2.84. The molecule has 1 amide bonds. The van der Waals surface area contributed by atoms with E-state index in [1.165, 1.54) is 12.1 Å². The monoisotopic (exact) mass is 444 g/mol. The molecule has 0 aliphatic heterocycles. The third-order valence-electron chi connectivity index (χ3n) is 4.64. The van der Waals surface area contributed by atoms with Gasteiger partial charge in [-0.15, -0.1) is 0 Å². The van der Waals surface area contributed by atoms with Crippen LogP contribution in [0.2, 0.25) is 0 Å². The van der Waals surface area contributed by atoms with Gasteiger partial charge in [0.25, 0.3) is 0 Å². The van der Waals surface area contributed by atoms with Crippen LogP contribution >= 0.6 is 0 Å². The Kier molecular flexibility index (Phi) is 8.08. The number of nitrogens with one attached hydrogen (secondary N) is 1. The molecule has 0 radical (unpaired) electrons. The van der Waals surface area contributed by atoms with Gasteiger partial charge in [-0.1, -0.05) is 24.3 Å². The van der Waals surface area contributed by atoms with Gasteiger partial charge in [-0.05, 0) is 48.7 Å². The number of nitrogens with zero attached hydrogens (tertiary/aromatic N) is 1. The Labute approximate surface area is 183 Å². The summed E-state index contributed by atoms with van der Waals surface area (Å²) in [5, 5.41) is 2.74. The maximum absolute atomic E-state index is 12.9. The van der Waals surface area contributed by atoms with Gasteiger partial charge >= 0.3 is 0 Å². The van der Waals surface area contributed by atoms with Gasteiger partial charge in [0.1, 0.15) is 17.3 Å². The number of hydrogen-bond donors (Lipinski definition) is 1. The third kappa shape index (κ3) is 6.83. The largest absolute Gasteiger partial charge is 0.441 e. The SMILES string of the molecule is COCc1ccc(-c2nc(CS(=O)CC(=O)NCCc3ccc(F)cc3)c(C)o2)cc1. The zero-order chi connectivity index (χ0) is 22.2. The Morgan fingerprint density at radius 2 is 1.81 bits per heavy atom. The molecule has 3 rings (SSSR count). The smallest absolute Gasteiger partial charge is 0.232 e. The maximum atomic E-state index is 12.9. The number of oxazole rings is 1. The van der Waals surface area contributed by atoms with Crippen LogP contribution < -0.4 is 5.32 Å². The quantitative estimate of drug-likeness (QED) is 0.517. The minimum absolute atomic E-state index is 0.114. The molecule has 0 spiro atoms. The number of methoxy groups -OCH3 is 1. The molecule has 0 aliphatic carbocycles. The molecule has 1 aromatic heterocycles. The fraction of sp³-hybridized carbons (Fsp3) is 0.304. The summed E-state index contributed by atoms with van der Waals surface area (Å²) < 4.78 is 36.2. The van der Waals surface area contributed by atoms with Crippen LogP contribution in [0.25, 0.3) is 11.5 Å². The van der Waals surface area contributed by atoms with Crippen LogP contribution in [0.15, 0.2) is 52.9 Å². The zero-order valence-corrected chi connectivity index (χ0v) is 18.3. The highest BCUT2D eigenvalue weighted by molar-refractivity contribution is 7.84. The van der Waals surface area contributed by atoms with E-state index >= 15 is 0 Å². The van der Waals surface area contributed by atoms with E-state index in [1.807, 2.05) is 24.3 Å². The van der Waals surface area contributed by atoms with Crippen LogP contribution in [0.1, 0.15) is 22.6 Å². The Bertz CT molecular complexity index is 1030. The lowest BCUT2D eigenvalue weighted by atomic mass is 10.1. The molecule has 0 saturated carbocycles. The van der Waals surface area contributed by atoms with Crippen molar-refractivity contribution in [2.75, 3.05) is 19.4 Å². The second-order valence-electron chi connectivity index (χ2n) is 7.11. The predicted molar refractivity (Wildman–Crippen MR) is 117 cm³/mol. The van der Waals surface area contributed by atoms with Gasteiger partial charge < -0.3 is 14.5 Å². The average Bonchev–Trinajstić information content (AvgIpc) is 3.10. The van der Waals surface area contributed by atoms with Crippen molar-refractivity contribution in [2.24, 2.45) is 0 Å². The molecular formula is C23H25FN2O4S. The molecule has 2 aromatic carbocycles. The van der Waals surface area contributed by atoms with Gasteiger partial charge in [-0.2, -0.15) is 0 Å². The van der Waals surface area contributed by atoms with Crippen molar-refractivity contribution in [3.8, 4) is 11.5 Å². The average molecular weight is 445 g/mol. The van der Waals surface area contributed by atoms with Gasteiger partial charge in [0.15, 0.2) is 0 Å². The molecule has 0 bridgehead atoms. The highest BCUT2D eigenvalue weighted by Crippen LogP contribution is 2.23. The lowest BCUT2D eigenvalue weighted by molar-refractivity contribution is -0.118. The Morgan fingerprint density at radius 1 is 1.13 bits per heavy atom. The summed E-state index contributed by atoms with van der Waals surface area (Å²) >= 11 is 0. The summed E-state index contributed by atoms with van der Waals surface area (Å²) in [6.07, 6.45) is 0.577. The van der Waals surface area contributed by atoms with Gasteiger partial charge in [0.05, 0.1) is 18.1 Å². The molecule has 3 aromatic rings. The highest BCUT2D eigenvalue weighted by Gasteiger charge is 2.16. The Balaban J connectivity index is 1.49. The number of benzene rings is 2. The molecule has 6 nitrogen and oxygen atoms in total. The second kappa shape index (κ2) is 11.0. The van der Waals surface area contributed by atoms with Crippen molar-refractivity contribution in [3.05, 3.63) is 76.9 Å². The molecule has 31 heavy (non-hydrogen) atoms. The van der Waals surface area contributed by atoms with Crippen LogP contribution in [-0.2, 0) is 39.1 Å². The molecule has 0 fully saturated rings. The summed E-state index contributed by atoms with van der Waals surface area (Å²) in [5.41, 5.74) is 3.36. The summed E-state index contributed by atoms with van der Waals surface area (Å²) in [4.78, 5) is 16.5. The van der Waals surface area contributed by atoms with Crippen LogP contribution in [0.4, 0.5) is 4.39 Å². The van der Waals surface area contributed by atoms with Crippen molar-refractivity contribution in [1.29, 1.82) is 0 Å². The summed E-state index contributed by atoms with van der Waals surface area (Å²) in [6.45, 7) is 2.69. The normalized spacial score (nSPS) is 12.0. The molecule has 1 N–H and O–H groups in total. The van der Waals surface area contributed by atoms with Crippen molar-refractivity contribution >= 4 is 16.7 Å². The molecule has 164 valence electrons. The fourth-order valence-corrected chi connectivity index (χ4v) is 4.06. The minimum atomic E-state index is -1.41. The summed E-state index contributed by atoms with van der Waals surface area (Å²) in [5.74, 6) is 0.477. The maximum Gasteiger partial charge on any atom is 0.232 e. The van der Waals surface area contributed by atoms with Crippen molar-refractivity contribution in [3.63, 3.8) is 0 Å². The molecule has 1 unspecified atom stereocenters. The first-order valence-electron chi connectivity index (χ1n) is 9.85. The third-order valence-corrected chi connectivity index (χ3v) is 5.82. The highest BCUT2D eigenvalue weighted by atomic mass is 32.2.